The molecule has 1 unspecified atom stereocenters. The maximum atomic E-state index is 13.3. The van der Waals surface area contributed by atoms with Gasteiger partial charge < -0.3 is 0 Å². The molecule has 1 aliphatic heterocycles. The number of para-hydroxylation sites is 1. The van der Waals surface area contributed by atoms with Crippen molar-refractivity contribution in [1.82, 2.24) is 24.2 Å². The summed E-state index contributed by atoms with van der Waals surface area (Å²) in [5.41, 5.74) is 0.848. The summed E-state index contributed by atoms with van der Waals surface area (Å²) < 4.78 is 42.4. The summed E-state index contributed by atoms with van der Waals surface area (Å²) in [7, 11) is 1.86. The molecule has 1 fully saturated rings. The molecule has 154 valence electrons. The molecule has 0 amide bonds. The van der Waals surface area contributed by atoms with Crippen molar-refractivity contribution in [3.05, 3.63) is 58.4 Å². The number of hydrogen-bond acceptors (Lipinski definition) is 4. The van der Waals surface area contributed by atoms with Crippen LogP contribution in [0.25, 0.3) is 10.9 Å². The van der Waals surface area contributed by atoms with E-state index in [0.29, 0.717) is 18.5 Å². The normalized spacial score (nSPS) is 18.0. The van der Waals surface area contributed by atoms with Gasteiger partial charge in [-0.3, -0.25) is 18.9 Å². The van der Waals surface area contributed by atoms with Crippen LogP contribution in [0, 0.1) is 0 Å². The first kappa shape index (κ1) is 19.6. The molecule has 4 rings (SSSR count). The molecule has 0 radical (unpaired) electrons. The molecule has 0 saturated carbocycles. The zero-order valence-electron chi connectivity index (χ0n) is 16.1. The van der Waals surface area contributed by atoms with Crippen LogP contribution in [0.2, 0.25) is 0 Å². The topological polar surface area (TPSA) is 56.0 Å². The number of benzene rings is 1. The Balaban J connectivity index is 1.71. The van der Waals surface area contributed by atoms with Gasteiger partial charge in [-0.1, -0.05) is 12.1 Å². The fraction of sp³-hybridized carbons (Fsp3) is 0.450. The Hall–Kier alpha value is -2.68. The van der Waals surface area contributed by atoms with E-state index in [9.17, 15) is 18.0 Å². The van der Waals surface area contributed by atoms with Crippen molar-refractivity contribution in [2.75, 3.05) is 13.1 Å². The van der Waals surface area contributed by atoms with E-state index < -0.39 is 18.3 Å². The number of aromatic nitrogens is 4. The third-order valence-corrected chi connectivity index (χ3v) is 5.47. The quantitative estimate of drug-likeness (QED) is 0.655. The fourth-order valence-electron chi connectivity index (χ4n) is 4.06. The van der Waals surface area contributed by atoms with Crippen LogP contribution in [0.4, 0.5) is 13.2 Å². The smallest absolute Gasteiger partial charge is 0.293 e. The van der Waals surface area contributed by atoms with Gasteiger partial charge >= 0.3 is 6.18 Å². The molecule has 1 atom stereocenters. The molecule has 2 aromatic heterocycles. The van der Waals surface area contributed by atoms with Crippen LogP contribution in [-0.4, -0.2) is 43.5 Å². The van der Waals surface area contributed by atoms with Crippen molar-refractivity contribution >= 4 is 10.9 Å². The number of nitrogens with zero attached hydrogens (tertiary/aromatic N) is 5. The van der Waals surface area contributed by atoms with Crippen LogP contribution >= 0.6 is 0 Å². The van der Waals surface area contributed by atoms with Crippen molar-refractivity contribution in [2.45, 2.75) is 38.0 Å². The molecule has 3 aromatic rings. The molecule has 9 heteroatoms. The van der Waals surface area contributed by atoms with Crippen molar-refractivity contribution in [1.29, 1.82) is 0 Å². The molecule has 1 saturated heterocycles. The summed E-state index contributed by atoms with van der Waals surface area (Å²) in [4.78, 5) is 19.5. The van der Waals surface area contributed by atoms with E-state index >= 15 is 0 Å². The maximum absolute atomic E-state index is 13.3. The van der Waals surface area contributed by atoms with E-state index in [1.54, 1.807) is 29.1 Å². The lowest BCUT2D eigenvalue weighted by molar-refractivity contribution is -0.142. The molecule has 1 aromatic carbocycles. The second kappa shape index (κ2) is 7.62. The lowest BCUT2D eigenvalue weighted by Crippen LogP contribution is -2.36. The van der Waals surface area contributed by atoms with E-state index in [-0.39, 0.29) is 17.3 Å². The highest BCUT2D eigenvalue weighted by Gasteiger charge is 2.35. The van der Waals surface area contributed by atoms with Gasteiger partial charge in [-0.15, -0.1) is 0 Å². The highest BCUT2D eigenvalue weighted by molar-refractivity contribution is 5.77. The lowest BCUT2D eigenvalue weighted by Gasteiger charge is -2.27. The molecule has 0 bridgehead atoms. The monoisotopic (exact) mass is 405 g/mol. The highest BCUT2D eigenvalue weighted by atomic mass is 19.4. The van der Waals surface area contributed by atoms with Crippen LogP contribution in [0.5, 0.6) is 0 Å². The highest BCUT2D eigenvalue weighted by Crippen LogP contribution is 2.32. The predicted molar refractivity (Wildman–Crippen MR) is 103 cm³/mol. The van der Waals surface area contributed by atoms with Crippen molar-refractivity contribution in [3.8, 4) is 0 Å². The SMILES string of the molecule is Cn1nccc1CCN1CCCC1c1nc2ccccc2c(=O)n1CC(F)(F)F. The van der Waals surface area contributed by atoms with Crippen LogP contribution in [0.1, 0.15) is 30.4 Å². The van der Waals surface area contributed by atoms with E-state index in [1.165, 1.54) is 6.07 Å². The van der Waals surface area contributed by atoms with Gasteiger partial charge in [0.05, 0.1) is 16.9 Å². The Morgan fingerprint density at radius 3 is 2.72 bits per heavy atom. The maximum Gasteiger partial charge on any atom is 0.406 e. The molecular weight excluding hydrogens is 383 g/mol. The Bertz CT molecular complexity index is 1070. The van der Waals surface area contributed by atoms with Crippen molar-refractivity contribution in [2.24, 2.45) is 7.05 Å². The first-order valence-corrected chi connectivity index (χ1v) is 9.60. The number of rotatable bonds is 5. The molecule has 6 nitrogen and oxygen atoms in total. The average Bonchev–Trinajstić information content (AvgIpc) is 3.30. The molecule has 0 aliphatic carbocycles. The number of likely N-dealkylation sites (tertiary alicyclic amines) is 1. The second-order valence-corrected chi connectivity index (χ2v) is 7.38. The molecule has 29 heavy (non-hydrogen) atoms. The minimum atomic E-state index is -4.50. The van der Waals surface area contributed by atoms with Gasteiger partial charge in [0.15, 0.2) is 0 Å². The van der Waals surface area contributed by atoms with E-state index in [4.69, 9.17) is 0 Å². The lowest BCUT2D eigenvalue weighted by atomic mass is 10.1. The van der Waals surface area contributed by atoms with Crippen molar-refractivity contribution in [3.63, 3.8) is 0 Å². The predicted octanol–water partition coefficient (Wildman–Crippen LogP) is 3.07. The Labute approximate surface area is 165 Å². The van der Waals surface area contributed by atoms with E-state index in [2.05, 4.69) is 15.0 Å². The summed E-state index contributed by atoms with van der Waals surface area (Å²) in [5, 5.41) is 4.36. The Morgan fingerprint density at radius 2 is 2.00 bits per heavy atom. The Morgan fingerprint density at radius 1 is 1.21 bits per heavy atom. The zero-order chi connectivity index (χ0) is 20.6. The molecule has 0 spiro atoms. The summed E-state index contributed by atoms with van der Waals surface area (Å²) in [6.45, 7) is 0.0984. The Kier molecular flexibility index (Phi) is 5.16. The van der Waals surface area contributed by atoms with Gasteiger partial charge in [-0.25, -0.2) is 4.98 Å². The second-order valence-electron chi connectivity index (χ2n) is 7.38. The van der Waals surface area contributed by atoms with Gasteiger partial charge in [0.25, 0.3) is 5.56 Å². The summed E-state index contributed by atoms with van der Waals surface area (Å²) in [5.74, 6) is 0.202. The minimum absolute atomic E-state index is 0.202. The number of alkyl halides is 3. The first-order chi connectivity index (χ1) is 13.8. The third kappa shape index (κ3) is 4.05. The van der Waals surface area contributed by atoms with Gasteiger partial charge in [-0.05, 0) is 37.6 Å². The molecular formula is C20H22F3N5O. The van der Waals surface area contributed by atoms with Crippen LogP contribution in [-0.2, 0) is 20.0 Å². The van der Waals surface area contributed by atoms with Crippen LogP contribution in [0.3, 0.4) is 0 Å². The van der Waals surface area contributed by atoms with Gasteiger partial charge in [0.1, 0.15) is 12.4 Å². The first-order valence-electron chi connectivity index (χ1n) is 9.60. The standard InChI is InChI=1S/C20H22F3N5O/c1-26-14(8-10-24-26)9-12-27-11-4-7-17(27)18-25-16-6-3-2-5-15(16)19(29)28(18)13-20(21,22)23/h2-3,5-6,8,10,17H,4,7,9,11-13H2,1H3. The van der Waals surface area contributed by atoms with Gasteiger partial charge in [0, 0.05) is 31.9 Å². The van der Waals surface area contributed by atoms with Gasteiger partial charge in [0.2, 0.25) is 0 Å². The average molecular weight is 405 g/mol. The van der Waals surface area contributed by atoms with Crippen LogP contribution < -0.4 is 5.56 Å². The zero-order valence-corrected chi connectivity index (χ0v) is 16.1. The third-order valence-electron chi connectivity index (χ3n) is 5.47. The summed E-state index contributed by atoms with van der Waals surface area (Å²) in [6, 6.07) is 8.19. The molecule has 0 N–H and O–H groups in total. The number of fused-ring (bicyclic) bond motifs is 1. The number of aryl methyl sites for hydroxylation is 1. The number of halogens is 3. The van der Waals surface area contributed by atoms with E-state index in [0.717, 1.165) is 29.6 Å². The molecule has 1 aliphatic rings. The fourth-order valence-corrected chi connectivity index (χ4v) is 4.06. The van der Waals surface area contributed by atoms with Crippen LogP contribution in [0.15, 0.2) is 41.3 Å². The van der Waals surface area contributed by atoms with Crippen molar-refractivity contribution < 1.29 is 13.2 Å². The van der Waals surface area contributed by atoms with Gasteiger partial charge in [-0.2, -0.15) is 18.3 Å². The largest absolute Gasteiger partial charge is 0.406 e. The molecule has 3 heterocycles. The summed E-state index contributed by atoms with van der Waals surface area (Å²) in [6.07, 6.45) is -0.521. The minimum Gasteiger partial charge on any atom is -0.293 e. The number of hydrogen-bond donors (Lipinski definition) is 0. The summed E-state index contributed by atoms with van der Waals surface area (Å²) >= 11 is 0. The van der Waals surface area contributed by atoms with E-state index in [1.807, 2.05) is 13.1 Å².